The van der Waals surface area contributed by atoms with Crippen LogP contribution in [0, 0.1) is 17.1 Å². The predicted molar refractivity (Wildman–Crippen MR) is 129 cm³/mol. The van der Waals surface area contributed by atoms with E-state index in [-0.39, 0.29) is 33.6 Å². The Morgan fingerprint density at radius 2 is 1.86 bits per heavy atom. The number of nitrogens with zero attached hydrogens (tertiary/aromatic N) is 4. The van der Waals surface area contributed by atoms with Gasteiger partial charge in [-0.3, -0.25) is 9.69 Å². The zero-order chi connectivity index (χ0) is 25.2. The fourth-order valence-electron chi connectivity index (χ4n) is 4.02. The van der Waals surface area contributed by atoms with E-state index < -0.39 is 21.6 Å². The van der Waals surface area contributed by atoms with Crippen LogP contribution in [0.1, 0.15) is 16.1 Å². The molecule has 10 heteroatoms. The van der Waals surface area contributed by atoms with E-state index in [0.717, 1.165) is 3.97 Å². The van der Waals surface area contributed by atoms with Crippen LogP contribution < -0.4 is 0 Å². The molecule has 4 rings (SSSR count). The van der Waals surface area contributed by atoms with E-state index in [9.17, 15) is 18.5 Å². The van der Waals surface area contributed by atoms with Crippen molar-refractivity contribution in [1.82, 2.24) is 13.8 Å². The Labute approximate surface area is 203 Å². The van der Waals surface area contributed by atoms with Gasteiger partial charge in [-0.15, -0.1) is 0 Å². The number of hydrogen-bond donors (Lipinski definition) is 0. The van der Waals surface area contributed by atoms with Crippen molar-refractivity contribution in [2.75, 3.05) is 40.4 Å². The van der Waals surface area contributed by atoms with Crippen molar-refractivity contribution < 1.29 is 22.3 Å². The molecule has 1 aliphatic heterocycles. The fraction of sp³-hybridized carbons (Fsp3) is 0.280. The van der Waals surface area contributed by atoms with Gasteiger partial charge in [0.1, 0.15) is 23.2 Å². The third-order valence-corrected chi connectivity index (χ3v) is 7.43. The molecule has 0 spiro atoms. The molecule has 1 aromatic heterocycles. The maximum atomic E-state index is 15.1. The molecule has 0 N–H and O–H groups in total. The maximum absolute atomic E-state index is 15.1. The van der Waals surface area contributed by atoms with Gasteiger partial charge in [-0.05, 0) is 30.3 Å². The summed E-state index contributed by atoms with van der Waals surface area (Å²) in [5.41, 5.74) is 0.00658. The quantitative estimate of drug-likeness (QED) is 0.282. The van der Waals surface area contributed by atoms with Gasteiger partial charge in [-0.2, -0.15) is 5.26 Å². The third-order valence-electron chi connectivity index (χ3n) is 5.69. The van der Waals surface area contributed by atoms with E-state index in [0.29, 0.717) is 31.9 Å². The lowest BCUT2D eigenvalue weighted by Gasteiger charge is -2.26. The van der Waals surface area contributed by atoms with Gasteiger partial charge in [0.2, 0.25) is 5.78 Å². The lowest BCUT2D eigenvalue weighted by Crippen LogP contribution is -2.35. The number of aromatic nitrogens is 1. The Kier molecular flexibility index (Phi) is 7.03. The number of carbonyl (C=O) groups excluding carboxylic acids is 1. The number of rotatable bonds is 7. The standard InChI is InChI=1S/C25H25FN4O4S/c1-28(2)16-20(15-27)25(31)24-13-18-12-22(26)19(17-29-8-10-34-11-9-29)14-23(18)30(24)35(32,33)21-6-4-3-5-7-21/h3-7,12-14,16H,8-11,17H2,1-2H3. The van der Waals surface area contributed by atoms with Crippen LogP contribution >= 0.6 is 0 Å². The first kappa shape index (κ1) is 24.6. The van der Waals surface area contributed by atoms with Gasteiger partial charge in [-0.25, -0.2) is 16.8 Å². The summed E-state index contributed by atoms with van der Waals surface area (Å²) in [7, 11) is -0.947. The highest BCUT2D eigenvalue weighted by atomic mass is 32.2. The largest absolute Gasteiger partial charge is 0.382 e. The number of carbonyl (C=O) groups is 1. The van der Waals surface area contributed by atoms with Crippen molar-refractivity contribution in [2.24, 2.45) is 0 Å². The highest BCUT2D eigenvalue weighted by Gasteiger charge is 2.29. The molecule has 1 saturated heterocycles. The molecule has 0 bridgehead atoms. The van der Waals surface area contributed by atoms with E-state index >= 15 is 4.39 Å². The number of halogens is 1. The van der Waals surface area contributed by atoms with Gasteiger partial charge in [0, 0.05) is 50.9 Å². The molecule has 1 aliphatic rings. The molecule has 2 heterocycles. The normalized spacial score (nSPS) is 15.2. The minimum Gasteiger partial charge on any atom is -0.382 e. The summed E-state index contributed by atoms with van der Waals surface area (Å²) < 4.78 is 48.8. The molecule has 1 fully saturated rings. The maximum Gasteiger partial charge on any atom is 0.268 e. The molecule has 182 valence electrons. The Bertz CT molecular complexity index is 1430. The molecule has 0 atom stereocenters. The fourth-order valence-corrected chi connectivity index (χ4v) is 5.54. The number of nitriles is 1. The molecule has 3 aromatic rings. The second-order valence-electron chi connectivity index (χ2n) is 8.45. The van der Waals surface area contributed by atoms with Gasteiger partial charge in [0.15, 0.2) is 0 Å². The second-order valence-corrected chi connectivity index (χ2v) is 10.2. The highest BCUT2D eigenvalue weighted by Crippen LogP contribution is 2.30. The molecular formula is C25H25FN4O4S. The Hall–Kier alpha value is -3.52. The van der Waals surface area contributed by atoms with E-state index in [1.165, 1.54) is 41.4 Å². The molecule has 0 aliphatic carbocycles. The van der Waals surface area contributed by atoms with E-state index in [1.54, 1.807) is 32.3 Å². The van der Waals surface area contributed by atoms with Crippen LogP contribution in [0.2, 0.25) is 0 Å². The number of benzene rings is 2. The van der Waals surface area contributed by atoms with Gasteiger partial charge >= 0.3 is 0 Å². The summed E-state index contributed by atoms with van der Waals surface area (Å²) in [5, 5.41) is 9.81. The van der Waals surface area contributed by atoms with Crippen LogP contribution in [0.4, 0.5) is 4.39 Å². The Morgan fingerprint density at radius 1 is 1.17 bits per heavy atom. The summed E-state index contributed by atoms with van der Waals surface area (Å²) in [6, 6.07) is 13.6. The molecule has 0 amide bonds. The summed E-state index contributed by atoms with van der Waals surface area (Å²) in [6.45, 7) is 2.61. The minimum absolute atomic E-state index is 0.0271. The van der Waals surface area contributed by atoms with Crippen molar-refractivity contribution in [3.63, 3.8) is 0 Å². The molecule has 0 saturated carbocycles. The summed E-state index contributed by atoms with van der Waals surface area (Å²) in [6.07, 6.45) is 1.32. The summed E-state index contributed by atoms with van der Waals surface area (Å²) in [5.74, 6) is -1.27. The number of hydrogen-bond acceptors (Lipinski definition) is 7. The van der Waals surface area contributed by atoms with Crippen molar-refractivity contribution in [3.8, 4) is 6.07 Å². The number of ether oxygens (including phenoxy) is 1. The average molecular weight is 497 g/mol. The van der Waals surface area contributed by atoms with E-state index in [1.807, 2.05) is 11.0 Å². The van der Waals surface area contributed by atoms with Crippen LogP contribution in [0.3, 0.4) is 0 Å². The van der Waals surface area contributed by atoms with Gasteiger partial charge in [0.05, 0.1) is 23.6 Å². The number of ketones is 1. The van der Waals surface area contributed by atoms with Crippen LogP contribution in [-0.2, 0) is 21.3 Å². The predicted octanol–water partition coefficient (Wildman–Crippen LogP) is 3.00. The second kappa shape index (κ2) is 10.00. The molecule has 8 nitrogen and oxygen atoms in total. The number of fused-ring (bicyclic) bond motifs is 1. The monoisotopic (exact) mass is 496 g/mol. The van der Waals surface area contributed by atoms with E-state index in [2.05, 4.69) is 0 Å². The molecular weight excluding hydrogens is 471 g/mol. The summed E-state index contributed by atoms with van der Waals surface area (Å²) >= 11 is 0. The molecule has 35 heavy (non-hydrogen) atoms. The van der Waals surface area contributed by atoms with Crippen LogP contribution in [-0.4, -0.2) is 68.4 Å². The van der Waals surface area contributed by atoms with Crippen molar-refractivity contribution in [1.29, 1.82) is 5.26 Å². The van der Waals surface area contributed by atoms with Gasteiger partial charge < -0.3 is 9.64 Å². The first-order chi connectivity index (χ1) is 16.7. The number of allylic oxidation sites excluding steroid dienone is 1. The number of Topliss-reactive ketones (excluding diaryl/α,β-unsaturated/α-hetero) is 1. The first-order valence-electron chi connectivity index (χ1n) is 11.0. The SMILES string of the molecule is CN(C)C=C(C#N)C(=O)c1cc2cc(F)c(CN3CCOCC3)cc2n1S(=O)(=O)c1ccccc1. The van der Waals surface area contributed by atoms with Crippen LogP contribution in [0.5, 0.6) is 0 Å². The minimum atomic E-state index is -4.24. The molecule has 0 radical (unpaired) electrons. The number of morpholine rings is 1. The summed E-state index contributed by atoms with van der Waals surface area (Å²) in [4.78, 5) is 16.9. The van der Waals surface area contributed by atoms with Gasteiger partial charge in [-0.1, -0.05) is 18.2 Å². The van der Waals surface area contributed by atoms with Crippen LogP contribution in [0.25, 0.3) is 10.9 Å². The lowest BCUT2D eigenvalue weighted by molar-refractivity contribution is 0.0337. The topological polar surface area (TPSA) is 95.6 Å². The molecule has 0 unspecified atom stereocenters. The zero-order valence-corrected chi connectivity index (χ0v) is 20.3. The lowest BCUT2D eigenvalue weighted by atomic mass is 10.1. The van der Waals surface area contributed by atoms with Crippen molar-refractivity contribution in [2.45, 2.75) is 11.4 Å². The highest BCUT2D eigenvalue weighted by molar-refractivity contribution is 7.90. The smallest absolute Gasteiger partial charge is 0.268 e. The Morgan fingerprint density at radius 3 is 2.49 bits per heavy atom. The zero-order valence-electron chi connectivity index (χ0n) is 19.4. The molecule has 2 aromatic carbocycles. The van der Waals surface area contributed by atoms with Crippen molar-refractivity contribution in [3.05, 3.63) is 77.4 Å². The van der Waals surface area contributed by atoms with E-state index in [4.69, 9.17) is 4.74 Å². The van der Waals surface area contributed by atoms with Gasteiger partial charge in [0.25, 0.3) is 10.0 Å². The Balaban J connectivity index is 1.94. The van der Waals surface area contributed by atoms with Crippen LogP contribution in [0.15, 0.2) is 65.2 Å². The third kappa shape index (κ3) is 4.98. The average Bonchev–Trinajstić information content (AvgIpc) is 3.22. The van der Waals surface area contributed by atoms with Crippen molar-refractivity contribution >= 4 is 26.7 Å². The first-order valence-corrected chi connectivity index (χ1v) is 12.4.